The molecule has 6 nitrogen and oxygen atoms in total. The van der Waals surface area contributed by atoms with E-state index in [1.165, 1.54) is 0 Å². The standard InChI is InChI=1S/C14H10N4O2/c19-13(17-11-7-3-4-8-15-11)12-9-5-1-2-6-10(9)16-14(20)18-12/h1-8H,(H,15,17,19)(H,16,18,20). The Morgan fingerprint density at radius 3 is 2.70 bits per heavy atom. The number of hydrogen-bond acceptors (Lipinski definition) is 4. The summed E-state index contributed by atoms with van der Waals surface area (Å²) in [6.45, 7) is 0. The number of H-pyrrole nitrogens is 1. The smallest absolute Gasteiger partial charge is 0.305 e. The Labute approximate surface area is 113 Å². The second kappa shape index (κ2) is 4.93. The van der Waals surface area contributed by atoms with Crippen LogP contribution in [0.1, 0.15) is 10.5 Å². The number of pyridine rings is 1. The molecule has 3 aromatic rings. The summed E-state index contributed by atoms with van der Waals surface area (Å²) in [5.41, 5.74) is 0.0866. The van der Waals surface area contributed by atoms with E-state index >= 15 is 0 Å². The Bertz CT molecular complexity index is 827. The van der Waals surface area contributed by atoms with E-state index in [9.17, 15) is 9.59 Å². The van der Waals surface area contributed by atoms with Gasteiger partial charge in [-0.3, -0.25) is 4.79 Å². The van der Waals surface area contributed by atoms with Gasteiger partial charge in [0.05, 0.1) is 5.52 Å². The molecule has 1 amide bonds. The summed E-state index contributed by atoms with van der Waals surface area (Å²) in [6, 6.07) is 12.2. The summed E-state index contributed by atoms with van der Waals surface area (Å²) >= 11 is 0. The fraction of sp³-hybridized carbons (Fsp3) is 0. The van der Waals surface area contributed by atoms with Gasteiger partial charge in [0, 0.05) is 11.6 Å². The molecule has 0 aliphatic rings. The van der Waals surface area contributed by atoms with Crippen LogP contribution in [0.25, 0.3) is 10.9 Å². The molecule has 0 radical (unpaired) electrons. The van der Waals surface area contributed by atoms with E-state index in [-0.39, 0.29) is 5.69 Å². The predicted octanol–water partition coefficient (Wildman–Crippen LogP) is 1.57. The Hall–Kier alpha value is -3.02. The molecule has 3 rings (SSSR count). The molecule has 2 aromatic heterocycles. The third-order valence-electron chi connectivity index (χ3n) is 2.76. The van der Waals surface area contributed by atoms with Crippen LogP contribution in [0, 0.1) is 0 Å². The topological polar surface area (TPSA) is 87.7 Å². The molecule has 0 saturated heterocycles. The first-order valence-electron chi connectivity index (χ1n) is 5.95. The maximum Gasteiger partial charge on any atom is 0.346 e. The lowest BCUT2D eigenvalue weighted by Crippen LogP contribution is -2.21. The van der Waals surface area contributed by atoms with Crippen molar-refractivity contribution < 1.29 is 4.79 Å². The lowest BCUT2D eigenvalue weighted by Gasteiger charge is -2.05. The number of para-hydroxylation sites is 1. The first kappa shape index (κ1) is 12.0. The molecule has 0 aliphatic carbocycles. The van der Waals surface area contributed by atoms with E-state index in [0.29, 0.717) is 16.7 Å². The summed E-state index contributed by atoms with van der Waals surface area (Å²) in [6.07, 6.45) is 1.57. The van der Waals surface area contributed by atoms with Crippen LogP contribution in [0.3, 0.4) is 0 Å². The van der Waals surface area contributed by atoms with Gasteiger partial charge in [-0.15, -0.1) is 0 Å². The molecule has 0 fully saturated rings. The number of amides is 1. The minimum Gasteiger partial charge on any atom is -0.305 e. The molecule has 2 heterocycles. The van der Waals surface area contributed by atoms with Crippen molar-refractivity contribution in [2.75, 3.05) is 5.32 Å². The van der Waals surface area contributed by atoms with Crippen molar-refractivity contribution in [3.63, 3.8) is 0 Å². The average Bonchev–Trinajstić information content (AvgIpc) is 2.47. The molecule has 0 atom stereocenters. The van der Waals surface area contributed by atoms with Crippen molar-refractivity contribution in [2.24, 2.45) is 0 Å². The Kier molecular flexibility index (Phi) is 2.96. The zero-order valence-corrected chi connectivity index (χ0v) is 10.3. The van der Waals surface area contributed by atoms with E-state index in [1.54, 1.807) is 48.7 Å². The summed E-state index contributed by atoms with van der Waals surface area (Å²) in [5, 5.41) is 3.20. The predicted molar refractivity (Wildman–Crippen MR) is 74.6 cm³/mol. The van der Waals surface area contributed by atoms with Crippen molar-refractivity contribution >= 4 is 22.6 Å². The van der Waals surface area contributed by atoms with Crippen molar-refractivity contribution in [3.8, 4) is 0 Å². The minimum atomic E-state index is -0.560. The van der Waals surface area contributed by atoms with Gasteiger partial charge in [0.1, 0.15) is 11.5 Å². The Morgan fingerprint density at radius 2 is 1.90 bits per heavy atom. The van der Waals surface area contributed by atoms with Gasteiger partial charge >= 0.3 is 5.69 Å². The highest BCUT2D eigenvalue weighted by Gasteiger charge is 2.13. The highest BCUT2D eigenvalue weighted by Crippen LogP contribution is 2.14. The van der Waals surface area contributed by atoms with Gasteiger partial charge in [0.15, 0.2) is 0 Å². The molecule has 0 saturated carbocycles. The third kappa shape index (κ3) is 2.26. The second-order valence-corrected chi connectivity index (χ2v) is 4.11. The molecule has 98 valence electrons. The van der Waals surface area contributed by atoms with E-state index in [1.807, 2.05) is 0 Å². The Morgan fingerprint density at radius 1 is 1.10 bits per heavy atom. The number of nitrogens with zero attached hydrogens (tertiary/aromatic N) is 2. The number of benzene rings is 1. The van der Waals surface area contributed by atoms with Crippen molar-refractivity contribution in [3.05, 3.63) is 64.8 Å². The number of hydrogen-bond donors (Lipinski definition) is 2. The maximum absolute atomic E-state index is 12.2. The van der Waals surface area contributed by atoms with Crippen LogP contribution in [0.4, 0.5) is 5.82 Å². The van der Waals surface area contributed by atoms with E-state index in [2.05, 4.69) is 20.3 Å². The third-order valence-corrected chi connectivity index (χ3v) is 2.76. The fourth-order valence-electron chi connectivity index (χ4n) is 1.89. The van der Waals surface area contributed by atoms with Gasteiger partial charge in [-0.1, -0.05) is 24.3 Å². The summed E-state index contributed by atoms with van der Waals surface area (Å²) in [4.78, 5) is 34.0. The molecular formula is C14H10N4O2. The average molecular weight is 266 g/mol. The largest absolute Gasteiger partial charge is 0.346 e. The molecule has 0 unspecified atom stereocenters. The lowest BCUT2D eigenvalue weighted by atomic mass is 10.2. The van der Waals surface area contributed by atoms with Gasteiger partial charge in [-0.25, -0.2) is 9.78 Å². The van der Waals surface area contributed by atoms with Crippen LogP contribution in [0.2, 0.25) is 0 Å². The van der Waals surface area contributed by atoms with E-state index < -0.39 is 11.6 Å². The first-order chi connectivity index (χ1) is 9.74. The molecule has 20 heavy (non-hydrogen) atoms. The molecule has 0 aliphatic heterocycles. The fourth-order valence-corrected chi connectivity index (χ4v) is 1.89. The molecule has 1 aromatic carbocycles. The maximum atomic E-state index is 12.2. The van der Waals surface area contributed by atoms with Crippen LogP contribution in [-0.2, 0) is 0 Å². The number of aromatic amines is 1. The molecule has 6 heteroatoms. The summed E-state index contributed by atoms with van der Waals surface area (Å²) in [5.74, 6) is -0.0605. The highest BCUT2D eigenvalue weighted by molar-refractivity contribution is 6.10. The zero-order chi connectivity index (χ0) is 13.9. The first-order valence-corrected chi connectivity index (χ1v) is 5.95. The normalized spacial score (nSPS) is 10.4. The van der Waals surface area contributed by atoms with Gasteiger partial charge in [0.2, 0.25) is 0 Å². The van der Waals surface area contributed by atoms with Crippen LogP contribution in [0.15, 0.2) is 53.5 Å². The number of nitrogens with one attached hydrogen (secondary N) is 2. The van der Waals surface area contributed by atoms with Crippen LogP contribution < -0.4 is 11.0 Å². The van der Waals surface area contributed by atoms with Gasteiger partial charge < -0.3 is 10.3 Å². The molecule has 0 bridgehead atoms. The van der Waals surface area contributed by atoms with Crippen LogP contribution >= 0.6 is 0 Å². The monoisotopic (exact) mass is 266 g/mol. The lowest BCUT2D eigenvalue weighted by molar-refractivity contribution is 0.102. The number of aromatic nitrogens is 3. The van der Waals surface area contributed by atoms with Crippen LogP contribution in [0.5, 0.6) is 0 Å². The minimum absolute atomic E-state index is 0.0787. The summed E-state index contributed by atoms with van der Waals surface area (Å²) in [7, 11) is 0. The van der Waals surface area contributed by atoms with Crippen LogP contribution in [-0.4, -0.2) is 20.9 Å². The Balaban J connectivity index is 2.05. The van der Waals surface area contributed by atoms with E-state index in [4.69, 9.17) is 0 Å². The van der Waals surface area contributed by atoms with Crippen molar-refractivity contribution in [2.45, 2.75) is 0 Å². The number of carbonyl (C=O) groups excluding carboxylic acids is 1. The highest BCUT2D eigenvalue weighted by atomic mass is 16.2. The van der Waals surface area contributed by atoms with Gasteiger partial charge in [-0.2, -0.15) is 4.98 Å². The van der Waals surface area contributed by atoms with Gasteiger partial charge in [0.25, 0.3) is 5.91 Å². The quantitative estimate of drug-likeness (QED) is 0.737. The second-order valence-electron chi connectivity index (χ2n) is 4.11. The zero-order valence-electron chi connectivity index (χ0n) is 10.3. The van der Waals surface area contributed by atoms with Crippen molar-refractivity contribution in [1.82, 2.24) is 15.0 Å². The molecule has 2 N–H and O–H groups in total. The molecular weight excluding hydrogens is 256 g/mol. The number of rotatable bonds is 2. The van der Waals surface area contributed by atoms with E-state index in [0.717, 1.165) is 0 Å². The number of fused-ring (bicyclic) bond motifs is 1. The SMILES string of the molecule is O=C(Nc1ccccn1)c1nc(=O)[nH]c2ccccc12. The number of anilines is 1. The van der Waals surface area contributed by atoms with Crippen molar-refractivity contribution in [1.29, 1.82) is 0 Å². The number of carbonyl (C=O) groups is 1. The summed E-state index contributed by atoms with van der Waals surface area (Å²) < 4.78 is 0. The van der Waals surface area contributed by atoms with Gasteiger partial charge in [-0.05, 0) is 18.2 Å². The molecule has 0 spiro atoms.